The molecule has 2 aromatic rings. The summed E-state index contributed by atoms with van der Waals surface area (Å²) in [5.74, 6) is 0. The second kappa shape index (κ2) is 5.03. The zero-order valence-corrected chi connectivity index (χ0v) is 12.7. The minimum Gasteiger partial charge on any atom is -0.248 e. The summed E-state index contributed by atoms with van der Waals surface area (Å²) in [7, 11) is -3.56. The number of aromatic nitrogens is 1. The molecule has 2 rings (SSSR count). The Balaban J connectivity index is 2.35. The number of sulfonamides is 1. The van der Waals surface area contributed by atoms with Gasteiger partial charge in [0.25, 0.3) is 0 Å². The van der Waals surface area contributed by atoms with Crippen LogP contribution in [-0.2, 0) is 15.6 Å². The summed E-state index contributed by atoms with van der Waals surface area (Å²) in [5, 5.41) is 2.57. The van der Waals surface area contributed by atoms with E-state index in [9.17, 15) is 8.42 Å². The smallest absolute Gasteiger partial charge is 0.241 e. The third-order valence-corrected chi connectivity index (χ3v) is 5.65. The number of thiazole rings is 1. The van der Waals surface area contributed by atoms with E-state index in [2.05, 4.69) is 9.71 Å². The first-order valence-corrected chi connectivity index (χ1v) is 8.19. The molecule has 1 aromatic carbocycles. The van der Waals surface area contributed by atoms with Gasteiger partial charge in [-0.2, -0.15) is 4.72 Å². The maximum Gasteiger partial charge on any atom is 0.241 e. The molecule has 0 aliphatic carbocycles. The second-order valence-corrected chi connectivity index (χ2v) is 7.38. The van der Waals surface area contributed by atoms with Gasteiger partial charge in [0.15, 0.2) is 0 Å². The summed E-state index contributed by atoms with van der Waals surface area (Å²) in [4.78, 5) is 4.48. The van der Waals surface area contributed by atoms with Crippen LogP contribution in [0.15, 0.2) is 40.7 Å². The molecule has 0 unspecified atom stereocenters. The Morgan fingerprint density at radius 3 is 2.53 bits per heavy atom. The van der Waals surface area contributed by atoms with Crippen LogP contribution in [-0.4, -0.2) is 13.4 Å². The Labute approximate surface area is 117 Å². The molecule has 0 radical (unpaired) electrons. The molecule has 0 aliphatic rings. The molecule has 0 atom stereocenters. The zero-order valence-electron chi connectivity index (χ0n) is 11.0. The van der Waals surface area contributed by atoms with Gasteiger partial charge in [0.05, 0.1) is 10.4 Å². The molecule has 0 amide bonds. The Kier molecular flexibility index (Phi) is 3.75. The first kappa shape index (κ1) is 14.2. The fourth-order valence-electron chi connectivity index (χ4n) is 1.82. The number of benzene rings is 1. The van der Waals surface area contributed by atoms with E-state index in [1.165, 1.54) is 11.3 Å². The number of nitrogens with one attached hydrogen (secondary N) is 1. The summed E-state index contributed by atoms with van der Waals surface area (Å²) < 4.78 is 27.6. The Bertz CT molecular complexity index is 662. The van der Waals surface area contributed by atoms with E-state index in [-0.39, 0.29) is 0 Å². The van der Waals surface area contributed by atoms with E-state index in [0.717, 1.165) is 10.6 Å². The van der Waals surface area contributed by atoms with Crippen molar-refractivity contribution < 1.29 is 8.42 Å². The van der Waals surface area contributed by atoms with E-state index in [4.69, 9.17) is 0 Å². The van der Waals surface area contributed by atoms with Gasteiger partial charge in [-0.05, 0) is 32.4 Å². The molecule has 6 heteroatoms. The van der Waals surface area contributed by atoms with E-state index >= 15 is 0 Å². The number of rotatable bonds is 4. The van der Waals surface area contributed by atoms with E-state index in [0.29, 0.717) is 4.90 Å². The lowest BCUT2D eigenvalue weighted by Gasteiger charge is -2.24. The van der Waals surface area contributed by atoms with Gasteiger partial charge in [0, 0.05) is 11.6 Å². The first-order chi connectivity index (χ1) is 8.83. The molecule has 0 fully saturated rings. The van der Waals surface area contributed by atoms with Crippen LogP contribution in [0.3, 0.4) is 0 Å². The maximum absolute atomic E-state index is 12.4. The molecule has 4 nitrogen and oxygen atoms in total. The van der Waals surface area contributed by atoms with Crippen molar-refractivity contribution in [1.29, 1.82) is 0 Å². The van der Waals surface area contributed by atoms with Gasteiger partial charge in [-0.15, -0.1) is 11.3 Å². The highest BCUT2D eigenvalue weighted by molar-refractivity contribution is 7.89. The summed E-state index contributed by atoms with van der Waals surface area (Å²) in [6, 6.07) is 6.93. The molecule has 0 aliphatic heterocycles. The van der Waals surface area contributed by atoms with Crippen molar-refractivity contribution in [3.05, 3.63) is 46.4 Å². The third kappa shape index (κ3) is 3.02. The van der Waals surface area contributed by atoms with Crippen molar-refractivity contribution in [2.45, 2.75) is 31.2 Å². The van der Waals surface area contributed by atoms with Crippen LogP contribution in [0.2, 0.25) is 0 Å². The molecule has 1 aromatic heterocycles. The first-order valence-electron chi connectivity index (χ1n) is 5.82. The lowest BCUT2D eigenvalue weighted by Crippen LogP contribution is -2.41. The highest BCUT2D eigenvalue weighted by atomic mass is 32.2. The highest BCUT2D eigenvalue weighted by Gasteiger charge is 2.30. The largest absolute Gasteiger partial charge is 0.248 e. The molecule has 0 saturated carbocycles. The predicted octanol–water partition coefficient (Wildman–Crippen LogP) is 2.67. The predicted molar refractivity (Wildman–Crippen MR) is 76.6 cm³/mol. The zero-order chi connectivity index (χ0) is 14.1. The third-order valence-electron chi connectivity index (χ3n) is 2.74. The molecule has 0 saturated heterocycles. The number of hydrogen-bond donors (Lipinski definition) is 1. The fourth-order valence-corrected chi connectivity index (χ4v) is 4.24. The van der Waals surface area contributed by atoms with Crippen LogP contribution in [0.25, 0.3) is 0 Å². The minimum absolute atomic E-state index is 0.305. The molecular formula is C13H16N2O2S2. The fraction of sp³-hybridized carbons (Fsp3) is 0.308. The van der Waals surface area contributed by atoms with Crippen LogP contribution >= 0.6 is 11.3 Å². The van der Waals surface area contributed by atoms with Crippen molar-refractivity contribution in [1.82, 2.24) is 9.71 Å². The quantitative estimate of drug-likeness (QED) is 0.943. The summed E-state index contributed by atoms with van der Waals surface area (Å²) in [6.45, 7) is 5.40. The maximum atomic E-state index is 12.4. The van der Waals surface area contributed by atoms with E-state index in [1.54, 1.807) is 31.3 Å². The van der Waals surface area contributed by atoms with Crippen molar-refractivity contribution >= 4 is 21.4 Å². The summed E-state index contributed by atoms with van der Waals surface area (Å²) in [6.07, 6.45) is 1.67. The van der Waals surface area contributed by atoms with Gasteiger partial charge in [-0.25, -0.2) is 13.4 Å². The second-order valence-electron chi connectivity index (χ2n) is 4.83. The van der Waals surface area contributed by atoms with Gasteiger partial charge < -0.3 is 0 Å². The van der Waals surface area contributed by atoms with Gasteiger partial charge >= 0.3 is 0 Å². The lowest BCUT2D eigenvalue weighted by atomic mass is 10.1. The number of hydrogen-bond acceptors (Lipinski definition) is 4. The Morgan fingerprint density at radius 1 is 1.26 bits per heavy atom. The SMILES string of the molecule is Cc1ccccc1S(=O)(=O)NC(C)(C)c1nccs1. The average Bonchev–Trinajstić information content (AvgIpc) is 2.81. The lowest BCUT2D eigenvalue weighted by molar-refractivity contribution is 0.469. The van der Waals surface area contributed by atoms with Gasteiger partial charge in [0.1, 0.15) is 5.01 Å². The van der Waals surface area contributed by atoms with Gasteiger partial charge in [0.2, 0.25) is 10.0 Å². The Morgan fingerprint density at radius 2 is 1.95 bits per heavy atom. The van der Waals surface area contributed by atoms with Crippen molar-refractivity contribution in [2.24, 2.45) is 0 Å². The molecule has 19 heavy (non-hydrogen) atoms. The molecular weight excluding hydrogens is 280 g/mol. The van der Waals surface area contributed by atoms with Gasteiger partial charge in [-0.3, -0.25) is 0 Å². The van der Waals surface area contributed by atoms with Crippen LogP contribution in [0, 0.1) is 6.92 Å². The van der Waals surface area contributed by atoms with Crippen LogP contribution in [0.4, 0.5) is 0 Å². The summed E-state index contributed by atoms with van der Waals surface area (Å²) >= 11 is 1.43. The van der Waals surface area contributed by atoms with E-state index < -0.39 is 15.6 Å². The monoisotopic (exact) mass is 296 g/mol. The number of nitrogens with zero attached hydrogens (tertiary/aromatic N) is 1. The van der Waals surface area contributed by atoms with E-state index in [1.807, 2.05) is 25.3 Å². The Hall–Kier alpha value is -1.24. The van der Waals surface area contributed by atoms with Crippen molar-refractivity contribution in [2.75, 3.05) is 0 Å². The highest BCUT2D eigenvalue weighted by Crippen LogP contribution is 2.25. The normalized spacial score (nSPS) is 12.6. The van der Waals surface area contributed by atoms with Crippen LogP contribution in [0.1, 0.15) is 24.4 Å². The standard InChI is InChI=1S/C13H16N2O2S2/c1-10-6-4-5-7-11(10)19(16,17)15-13(2,3)12-14-8-9-18-12/h4-9,15H,1-3H3. The average molecular weight is 296 g/mol. The topological polar surface area (TPSA) is 59.1 Å². The van der Waals surface area contributed by atoms with Crippen molar-refractivity contribution in [3.63, 3.8) is 0 Å². The van der Waals surface area contributed by atoms with Crippen molar-refractivity contribution in [3.8, 4) is 0 Å². The molecule has 1 N–H and O–H groups in total. The molecule has 0 spiro atoms. The molecule has 102 valence electrons. The van der Waals surface area contributed by atoms with Gasteiger partial charge in [-0.1, -0.05) is 18.2 Å². The minimum atomic E-state index is -3.56. The summed E-state index contributed by atoms with van der Waals surface area (Å²) in [5.41, 5.74) is -0.000108. The number of aryl methyl sites for hydroxylation is 1. The van der Waals surface area contributed by atoms with Crippen LogP contribution in [0.5, 0.6) is 0 Å². The van der Waals surface area contributed by atoms with Crippen LogP contribution < -0.4 is 4.72 Å². The molecule has 0 bridgehead atoms. The molecule has 1 heterocycles.